The van der Waals surface area contributed by atoms with Gasteiger partial charge in [-0.25, -0.2) is 0 Å². The van der Waals surface area contributed by atoms with Gasteiger partial charge in [-0.05, 0) is 43.3 Å². The van der Waals surface area contributed by atoms with Crippen LogP contribution in [0.15, 0.2) is 53.7 Å². The number of guanidine groups is 1. The highest BCUT2D eigenvalue weighted by atomic mass is 127. The van der Waals surface area contributed by atoms with Crippen molar-refractivity contribution in [2.45, 2.75) is 13.0 Å². The molecule has 0 amide bonds. The number of hydrogen-bond donors (Lipinski definition) is 2. The van der Waals surface area contributed by atoms with Crippen molar-refractivity contribution in [3.63, 3.8) is 0 Å². The molecule has 0 saturated carbocycles. The normalized spacial score (nSPS) is 14.9. The lowest BCUT2D eigenvalue weighted by atomic mass is 10.2. The summed E-state index contributed by atoms with van der Waals surface area (Å²) < 4.78 is 1.98. The smallest absolute Gasteiger partial charge is 0.191 e. The lowest BCUT2D eigenvalue weighted by Crippen LogP contribution is -2.47. The molecule has 3 aromatic rings. The largest absolute Gasteiger partial charge is 0.369 e. The number of piperazine rings is 1. The van der Waals surface area contributed by atoms with Crippen LogP contribution in [-0.2, 0) is 6.54 Å². The first-order valence-corrected chi connectivity index (χ1v) is 11.1. The number of halogens is 2. The molecule has 1 aromatic carbocycles. The van der Waals surface area contributed by atoms with Gasteiger partial charge in [-0.3, -0.25) is 14.3 Å². The number of nitrogens with zero attached hydrogens (tertiary/aromatic N) is 6. The Morgan fingerprint density at radius 1 is 1.06 bits per heavy atom. The summed E-state index contributed by atoms with van der Waals surface area (Å²) in [5.74, 6) is 1.63. The monoisotopic (exact) mass is 568 g/mol. The van der Waals surface area contributed by atoms with Gasteiger partial charge in [0, 0.05) is 56.7 Å². The fourth-order valence-electron chi connectivity index (χ4n) is 3.81. The van der Waals surface area contributed by atoms with Gasteiger partial charge in [-0.2, -0.15) is 0 Å². The minimum absolute atomic E-state index is 0. The van der Waals surface area contributed by atoms with Gasteiger partial charge in [0.05, 0.1) is 6.54 Å². The molecular weight excluding hydrogens is 539 g/mol. The van der Waals surface area contributed by atoms with Crippen molar-refractivity contribution >= 4 is 52.9 Å². The first-order chi connectivity index (χ1) is 15.2. The van der Waals surface area contributed by atoms with Gasteiger partial charge in [0.15, 0.2) is 17.4 Å². The molecule has 2 N–H and O–H groups in total. The Morgan fingerprint density at radius 2 is 1.91 bits per heavy atom. The fraction of sp³-hybridized carbons (Fsp3) is 0.409. The molecule has 1 fully saturated rings. The Morgan fingerprint density at radius 3 is 2.69 bits per heavy atom. The van der Waals surface area contributed by atoms with Crippen molar-refractivity contribution in [1.82, 2.24) is 30.1 Å². The van der Waals surface area contributed by atoms with Crippen LogP contribution in [0.1, 0.15) is 12.2 Å². The molecule has 172 valence electrons. The van der Waals surface area contributed by atoms with E-state index in [1.807, 2.05) is 47.0 Å². The van der Waals surface area contributed by atoms with Gasteiger partial charge in [-0.1, -0.05) is 23.7 Å². The van der Waals surface area contributed by atoms with Gasteiger partial charge in [0.2, 0.25) is 0 Å². The average molecular weight is 569 g/mol. The highest BCUT2D eigenvalue weighted by molar-refractivity contribution is 14.0. The van der Waals surface area contributed by atoms with E-state index in [9.17, 15) is 0 Å². The number of fused-ring (bicyclic) bond motifs is 1. The maximum absolute atomic E-state index is 6.13. The van der Waals surface area contributed by atoms with E-state index in [0.717, 1.165) is 68.1 Å². The number of hydrogen-bond acceptors (Lipinski definition) is 5. The molecule has 0 bridgehead atoms. The lowest BCUT2D eigenvalue weighted by Gasteiger charge is -2.36. The van der Waals surface area contributed by atoms with Crippen LogP contribution in [0.25, 0.3) is 5.65 Å². The SMILES string of the molecule is CN=C(NCCCN1CCN(c2cccc(Cl)c2)CC1)NCc1nnc2ccccn12.I. The van der Waals surface area contributed by atoms with Crippen LogP contribution in [-0.4, -0.2) is 71.8 Å². The van der Waals surface area contributed by atoms with Gasteiger partial charge < -0.3 is 15.5 Å². The van der Waals surface area contributed by atoms with Gasteiger partial charge in [-0.15, -0.1) is 34.2 Å². The van der Waals surface area contributed by atoms with Crippen molar-refractivity contribution in [1.29, 1.82) is 0 Å². The molecule has 3 heterocycles. The Balaban J connectivity index is 0.00000289. The van der Waals surface area contributed by atoms with Crippen molar-refractivity contribution in [3.05, 3.63) is 59.5 Å². The Kier molecular flexibility index (Phi) is 9.36. The highest BCUT2D eigenvalue weighted by Gasteiger charge is 2.17. The highest BCUT2D eigenvalue weighted by Crippen LogP contribution is 2.20. The summed E-state index contributed by atoms with van der Waals surface area (Å²) in [6.45, 7) is 6.71. The van der Waals surface area contributed by atoms with Crippen LogP contribution in [0, 0.1) is 0 Å². The third-order valence-corrected chi connectivity index (χ3v) is 5.75. The number of nitrogens with one attached hydrogen (secondary N) is 2. The third-order valence-electron chi connectivity index (χ3n) is 5.51. The van der Waals surface area contributed by atoms with Crippen molar-refractivity contribution in [3.8, 4) is 0 Å². The maximum Gasteiger partial charge on any atom is 0.191 e. The molecule has 0 unspecified atom stereocenters. The second-order valence-electron chi connectivity index (χ2n) is 7.56. The standard InChI is InChI=1S/C22H29ClN8.HI/c1-24-22(26-17-21-28-27-20-8-2-3-11-31(20)21)25-9-5-10-29-12-14-30(15-13-29)19-7-4-6-18(23)16-19;/h2-4,6-8,11,16H,5,9-10,12-15,17H2,1H3,(H2,24,25,26);1H. The molecular formula is C22H30ClIN8. The van der Waals surface area contributed by atoms with Gasteiger partial charge in [0.25, 0.3) is 0 Å². The number of aliphatic imine (C=N–C) groups is 1. The van der Waals surface area contributed by atoms with Crippen molar-refractivity contribution in [2.24, 2.45) is 4.99 Å². The molecule has 10 heteroatoms. The second kappa shape index (κ2) is 12.2. The number of anilines is 1. The zero-order valence-electron chi connectivity index (χ0n) is 18.2. The zero-order valence-corrected chi connectivity index (χ0v) is 21.3. The van der Waals surface area contributed by atoms with E-state index in [-0.39, 0.29) is 24.0 Å². The minimum Gasteiger partial charge on any atom is -0.369 e. The van der Waals surface area contributed by atoms with Crippen LogP contribution in [0.5, 0.6) is 0 Å². The Bertz CT molecular complexity index is 1020. The molecule has 1 aliphatic rings. The van der Waals surface area contributed by atoms with Gasteiger partial charge in [0.1, 0.15) is 0 Å². The second-order valence-corrected chi connectivity index (χ2v) is 8.00. The molecule has 0 radical (unpaired) electrons. The minimum atomic E-state index is 0. The number of benzene rings is 1. The molecule has 1 saturated heterocycles. The number of pyridine rings is 1. The Hall–Kier alpha value is -2.11. The van der Waals surface area contributed by atoms with E-state index in [0.29, 0.717) is 6.54 Å². The number of rotatable bonds is 7. The predicted molar refractivity (Wildman–Crippen MR) is 141 cm³/mol. The van der Waals surface area contributed by atoms with E-state index in [2.05, 4.69) is 41.7 Å². The quantitative estimate of drug-likeness (QED) is 0.198. The molecule has 0 spiro atoms. The lowest BCUT2D eigenvalue weighted by molar-refractivity contribution is 0.255. The topological polar surface area (TPSA) is 73.1 Å². The summed E-state index contributed by atoms with van der Waals surface area (Å²) in [6, 6.07) is 14.0. The van der Waals surface area contributed by atoms with Crippen molar-refractivity contribution in [2.75, 3.05) is 51.2 Å². The summed E-state index contributed by atoms with van der Waals surface area (Å²) in [5.41, 5.74) is 2.06. The van der Waals surface area contributed by atoms with E-state index >= 15 is 0 Å². The summed E-state index contributed by atoms with van der Waals surface area (Å²) in [5, 5.41) is 15.9. The summed E-state index contributed by atoms with van der Waals surface area (Å²) in [6.07, 6.45) is 3.03. The van der Waals surface area contributed by atoms with Gasteiger partial charge >= 0.3 is 0 Å². The van der Waals surface area contributed by atoms with Crippen LogP contribution in [0.4, 0.5) is 5.69 Å². The van der Waals surface area contributed by atoms with E-state index in [4.69, 9.17) is 11.6 Å². The first-order valence-electron chi connectivity index (χ1n) is 10.7. The fourth-order valence-corrected chi connectivity index (χ4v) is 3.99. The van der Waals surface area contributed by atoms with Crippen LogP contribution in [0.3, 0.4) is 0 Å². The average Bonchev–Trinajstić information content (AvgIpc) is 3.22. The van der Waals surface area contributed by atoms with Crippen LogP contribution >= 0.6 is 35.6 Å². The Labute approximate surface area is 211 Å². The van der Waals surface area contributed by atoms with Crippen LogP contribution < -0.4 is 15.5 Å². The third kappa shape index (κ3) is 6.46. The molecule has 0 aliphatic carbocycles. The van der Waals surface area contributed by atoms with Crippen molar-refractivity contribution < 1.29 is 0 Å². The van der Waals surface area contributed by atoms with E-state index in [1.54, 1.807) is 7.05 Å². The molecule has 32 heavy (non-hydrogen) atoms. The summed E-state index contributed by atoms with van der Waals surface area (Å²) in [7, 11) is 1.78. The zero-order chi connectivity index (χ0) is 21.5. The summed E-state index contributed by atoms with van der Waals surface area (Å²) >= 11 is 6.13. The van der Waals surface area contributed by atoms with E-state index in [1.165, 1.54) is 5.69 Å². The molecule has 4 rings (SSSR count). The molecule has 0 atom stereocenters. The van der Waals surface area contributed by atoms with E-state index < -0.39 is 0 Å². The first kappa shape index (κ1) is 24.5. The number of aromatic nitrogens is 3. The molecule has 8 nitrogen and oxygen atoms in total. The maximum atomic E-state index is 6.13. The predicted octanol–water partition coefficient (Wildman–Crippen LogP) is 2.88. The molecule has 2 aromatic heterocycles. The summed E-state index contributed by atoms with van der Waals surface area (Å²) in [4.78, 5) is 9.23. The van der Waals surface area contributed by atoms with Crippen LogP contribution in [0.2, 0.25) is 5.02 Å². The molecule has 1 aliphatic heterocycles.